The van der Waals surface area contributed by atoms with E-state index in [1.165, 1.54) is 5.56 Å². The van der Waals surface area contributed by atoms with Crippen LogP contribution in [0.15, 0.2) is 24.3 Å². The molecule has 0 heterocycles. The van der Waals surface area contributed by atoms with Gasteiger partial charge in [0, 0.05) is 6.04 Å². The molecule has 0 aliphatic rings. The van der Waals surface area contributed by atoms with Gasteiger partial charge in [0.05, 0.1) is 0 Å². The summed E-state index contributed by atoms with van der Waals surface area (Å²) in [4.78, 5) is 0. The largest absolute Gasteiger partial charge is 0.544 e. The highest BCUT2D eigenvalue weighted by molar-refractivity contribution is 6.70. The highest BCUT2D eigenvalue weighted by Gasteiger charge is 2.16. The second-order valence-electron chi connectivity index (χ2n) is 4.79. The molecular formula is C12H21NOSi. The number of hydrogen-bond donors (Lipinski definition) is 1. The van der Waals surface area contributed by atoms with Gasteiger partial charge >= 0.3 is 0 Å². The molecule has 1 rings (SSSR count). The van der Waals surface area contributed by atoms with E-state index in [0.717, 1.165) is 5.75 Å². The molecule has 0 saturated carbocycles. The van der Waals surface area contributed by atoms with Crippen LogP contribution < -0.4 is 9.74 Å². The lowest BCUT2D eigenvalue weighted by atomic mass is 10.1. The zero-order valence-electron chi connectivity index (χ0n) is 10.3. The maximum atomic E-state index is 5.89. The molecule has 1 atom stereocenters. The second kappa shape index (κ2) is 4.81. The molecule has 15 heavy (non-hydrogen) atoms. The van der Waals surface area contributed by atoms with Crippen molar-refractivity contribution in [1.29, 1.82) is 0 Å². The summed E-state index contributed by atoms with van der Waals surface area (Å²) in [6.07, 6.45) is 0. The van der Waals surface area contributed by atoms with E-state index in [-0.39, 0.29) is 0 Å². The van der Waals surface area contributed by atoms with E-state index in [2.05, 4.69) is 56.1 Å². The van der Waals surface area contributed by atoms with Crippen molar-refractivity contribution in [3.05, 3.63) is 29.8 Å². The van der Waals surface area contributed by atoms with Gasteiger partial charge < -0.3 is 9.74 Å². The summed E-state index contributed by atoms with van der Waals surface area (Å²) >= 11 is 0. The average Bonchev–Trinajstić information content (AvgIpc) is 2.15. The lowest BCUT2D eigenvalue weighted by Gasteiger charge is -2.19. The topological polar surface area (TPSA) is 21.3 Å². The predicted octanol–water partition coefficient (Wildman–Crippen LogP) is 3.18. The Balaban J connectivity index is 2.72. The summed E-state index contributed by atoms with van der Waals surface area (Å²) in [7, 11) is 0.503. The molecule has 1 aromatic rings. The van der Waals surface area contributed by atoms with Crippen molar-refractivity contribution in [1.82, 2.24) is 5.32 Å². The molecule has 0 spiro atoms. The molecule has 3 heteroatoms. The van der Waals surface area contributed by atoms with Gasteiger partial charge in [0.25, 0.3) is 0 Å². The summed E-state index contributed by atoms with van der Waals surface area (Å²) in [5, 5.41) is 3.22. The molecule has 0 fully saturated rings. The first-order chi connectivity index (χ1) is 6.92. The van der Waals surface area contributed by atoms with Crippen LogP contribution in [0.4, 0.5) is 0 Å². The summed E-state index contributed by atoms with van der Waals surface area (Å²) in [5.41, 5.74) is 1.29. The van der Waals surface area contributed by atoms with Crippen LogP contribution in [0.5, 0.6) is 5.75 Å². The Bertz CT molecular complexity index is 302. The highest BCUT2D eigenvalue weighted by Crippen LogP contribution is 2.19. The van der Waals surface area contributed by atoms with Gasteiger partial charge in [-0.15, -0.1) is 0 Å². The maximum Gasteiger partial charge on any atom is 0.242 e. The molecule has 0 amide bonds. The van der Waals surface area contributed by atoms with E-state index in [0.29, 0.717) is 6.04 Å². The molecule has 1 N–H and O–H groups in total. The predicted molar refractivity (Wildman–Crippen MR) is 67.9 cm³/mol. The van der Waals surface area contributed by atoms with Crippen molar-refractivity contribution in [2.24, 2.45) is 0 Å². The zero-order chi connectivity index (χ0) is 11.5. The lowest BCUT2D eigenvalue weighted by Crippen LogP contribution is -2.29. The molecule has 0 aliphatic heterocycles. The summed E-state index contributed by atoms with van der Waals surface area (Å²) in [5.74, 6) is 0.987. The van der Waals surface area contributed by atoms with Gasteiger partial charge in [-0.3, -0.25) is 0 Å². The van der Waals surface area contributed by atoms with E-state index in [9.17, 15) is 0 Å². The van der Waals surface area contributed by atoms with Crippen LogP contribution in [0, 0.1) is 0 Å². The molecule has 2 nitrogen and oxygen atoms in total. The van der Waals surface area contributed by atoms with Gasteiger partial charge in [0.2, 0.25) is 8.32 Å². The molecule has 0 aromatic heterocycles. The quantitative estimate of drug-likeness (QED) is 0.792. The van der Waals surface area contributed by atoms with Crippen LogP contribution in [0.2, 0.25) is 19.6 Å². The molecule has 84 valence electrons. The Morgan fingerprint density at radius 2 is 1.67 bits per heavy atom. The smallest absolute Gasteiger partial charge is 0.242 e. The third-order valence-corrected chi connectivity index (χ3v) is 3.09. The highest BCUT2D eigenvalue weighted by atomic mass is 28.4. The molecule has 0 bridgehead atoms. The van der Waals surface area contributed by atoms with Crippen molar-refractivity contribution in [3.63, 3.8) is 0 Å². The maximum absolute atomic E-state index is 5.89. The minimum atomic E-state index is -1.47. The van der Waals surface area contributed by atoms with Crippen LogP contribution >= 0.6 is 0 Å². The van der Waals surface area contributed by atoms with Crippen LogP contribution in [0.3, 0.4) is 0 Å². The minimum Gasteiger partial charge on any atom is -0.544 e. The molecule has 0 radical (unpaired) electrons. The molecule has 0 aliphatic carbocycles. The van der Waals surface area contributed by atoms with E-state index < -0.39 is 8.32 Å². The van der Waals surface area contributed by atoms with Gasteiger partial charge in [-0.05, 0) is 51.3 Å². The first-order valence-corrected chi connectivity index (χ1v) is 8.79. The number of nitrogens with one attached hydrogen (secondary N) is 1. The Morgan fingerprint density at radius 3 is 2.07 bits per heavy atom. The summed E-state index contributed by atoms with van der Waals surface area (Å²) in [6.45, 7) is 8.72. The Hall–Kier alpha value is -0.803. The van der Waals surface area contributed by atoms with Gasteiger partial charge in [-0.1, -0.05) is 12.1 Å². The minimum absolute atomic E-state index is 0.394. The number of benzene rings is 1. The molecule has 0 saturated heterocycles. The summed E-state index contributed by atoms with van der Waals surface area (Å²) < 4.78 is 5.89. The van der Waals surface area contributed by atoms with Crippen LogP contribution in [0.25, 0.3) is 0 Å². The van der Waals surface area contributed by atoms with Crippen molar-refractivity contribution in [2.75, 3.05) is 7.05 Å². The second-order valence-corrected chi connectivity index (χ2v) is 9.22. The SMILES string of the molecule is CNC(C)c1ccc(O[Si](C)(C)C)cc1. The van der Waals surface area contributed by atoms with Gasteiger partial charge in [0.1, 0.15) is 5.75 Å². The molecule has 1 aromatic carbocycles. The van der Waals surface area contributed by atoms with E-state index >= 15 is 0 Å². The van der Waals surface area contributed by atoms with E-state index in [1.54, 1.807) is 0 Å². The Morgan fingerprint density at radius 1 is 1.13 bits per heavy atom. The monoisotopic (exact) mass is 223 g/mol. The standard InChI is InChI=1S/C12H21NOSi/c1-10(13-2)11-6-8-12(9-7-11)14-15(3,4)5/h6-10,13H,1-5H3. The van der Waals surface area contributed by atoms with E-state index in [1.807, 2.05) is 7.05 Å². The first-order valence-electron chi connectivity index (χ1n) is 5.38. The first kappa shape index (κ1) is 12.3. The lowest BCUT2D eigenvalue weighted by molar-refractivity contribution is 0.556. The normalized spacial score (nSPS) is 13.7. The fourth-order valence-electron chi connectivity index (χ4n) is 1.34. The van der Waals surface area contributed by atoms with Crippen molar-refractivity contribution in [2.45, 2.75) is 32.6 Å². The van der Waals surface area contributed by atoms with Crippen molar-refractivity contribution >= 4 is 8.32 Å². The average molecular weight is 223 g/mol. The van der Waals surface area contributed by atoms with Crippen molar-refractivity contribution < 1.29 is 4.43 Å². The third-order valence-electron chi connectivity index (χ3n) is 2.24. The van der Waals surface area contributed by atoms with Crippen LogP contribution in [0.1, 0.15) is 18.5 Å². The number of rotatable bonds is 4. The van der Waals surface area contributed by atoms with Crippen LogP contribution in [-0.4, -0.2) is 15.4 Å². The third kappa shape index (κ3) is 4.06. The Kier molecular flexibility index (Phi) is 3.94. The van der Waals surface area contributed by atoms with Crippen LogP contribution in [-0.2, 0) is 0 Å². The van der Waals surface area contributed by atoms with Gasteiger partial charge in [-0.25, -0.2) is 0 Å². The van der Waals surface area contributed by atoms with E-state index in [4.69, 9.17) is 4.43 Å². The molecule has 1 unspecified atom stereocenters. The zero-order valence-corrected chi connectivity index (χ0v) is 11.3. The van der Waals surface area contributed by atoms with Gasteiger partial charge in [0.15, 0.2) is 0 Å². The van der Waals surface area contributed by atoms with Crippen molar-refractivity contribution in [3.8, 4) is 5.75 Å². The van der Waals surface area contributed by atoms with Gasteiger partial charge in [-0.2, -0.15) is 0 Å². The Labute approximate surface area is 93.8 Å². The summed E-state index contributed by atoms with van der Waals surface area (Å²) in [6, 6.07) is 8.75. The number of hydrogen-bond acceptors (Lipinski definition) is 2. The fourth-order valence-corrected chi connectivity index (χ4v) is 2.19. The molecular weight excluding hydrogens is 202 g/mol. The fraction of sp³-hybridized carbons (Fsp3) is 0.500.